The van der Waals surface area contributed by atoms with Crippen molar-refractivity contribution in [1.82, 2.24) is 14.9 Å². The van der Waals surface area contributed by atoms with Crippen molar-refractivity contribution in [2.45, 2.75) is 32.6 Å². The van der Waals surface area contributed by atoms with E-state index in [1.54, 1.807) is 19.5 Å². The van der Waals surface area contributed by atoms with Crippen LogP contribution < -0.4 is 4.74 Å². The van der Waals surface area contributed by atoms with E-state index in [1.165, 1.54) is 27.8 Å². The fourth-order valence-corrected chi connectivity index (χ4v) is 4.33. The van der Waals surface area contributed by atoms with E-state index in [9.17, 15) is 0 Å². The molecule has 0 amide bonds. The van der Waals surface area contributed by atoms with E-state index in [0.29, 0.717) is 5.88 Å². The normalized spacial score (nSPS) is 17.4. The van der Waals surface area contributed by atoms with E-state index in [1.807, 2.05) is 0 Å². The monoisotopic (exact) mass is 361 g/mol. The average molecular weight is 361 g/mol. The lowest BCUT2D eigenvalue weighted by molar-refractivity contribution is 0.356. The van der Waals surface area contributed by atoms with Crippen LogP contribution in [0.3, 0.4) is 0 Å². The molecule has 0 fully saturated rings. The molecule has 2 heterocycles. The van der Waals surface area contributed by atoms with Gasteiger partial charge in [-0.05, 0) is 36.5 Å². The van der Waals surface area contributed by atoms with Crippen LogP contribution in [0.5, 0.6) is 5.88 Å². The van der Waals surface area contributed by atoms with Gasteiger partial charge in [0.05, 0.1) is 7.11 Å². The summed E-state index contributed by atoms with van der Waals surface area (Å²) in [6.45, 7) is 7.64. The summed E-state index contributed by atoms with van der Waals surface area (Å²) in [7, 11) is 1.67. The number of allylic oxidation sites excluding steroid dienone is 1. The van der Waals surface area contributed by atoms with Crippen molar-refractivity contribution in [3.63, 3.8) is 0 Å². The molecule has 2 aromatic rings. The third-order valence-electron chi connectivity index (χ3n) is 5.69. The maximum Gasteiger partial charge on any atom is 0.235 e. The van der Waals surface area contributed by atoms with Gasteiger partial charge in [-0.25, -0.2) is 4.98 Å². The molecule has 0 saturated carbocycles. The van der Waals surface area contributed by atoms with Crippen LogP contribution in [0.25, 0.3) is 5.57 Å². The van der Waals surface area contributed by atoms with Gasteiger partial charge < -0.3 is 4.74 Å². The van der Waals surface area contributed by atoms with Crippen LogP contribution >= 0.6 is 0 Å². The van der Waals surface area contributed by atoms with Crippen LogP contribution in [0, 0.1) is 6.92 Å². The van der Waals surface area contributed by atoms with Crippen LogP contribution in [0.2, 0.25) is 0 Å². The molecule has 27 heavy (non-hydrogen) atoms. The quantitative estimate of drug-likeness (QED) is 0.724. The van der Waals surface area contributed by atoms with Gasteiger partial charge in [0, 0.05) is 37.9 Å². The third-order valence-corrected chi connectivity index (χ3v) is 5.69. The van der Waals surface area contributed by atoms with E-state index < -0.39 is 0 Å². The topological polar surface area (TPSA) is 38.3 Å². The number of methoxy groups -OCH3 is 1. The Balaban J connectivity index is 1.69. The van der Waals surface area contributed by atoms with Crippen molar-refractivity contribution >= 4 is 5.57 Å². The fraction of sp³-hybridized carbons (Fsp3) is 0.391. The third kappa shape index (κ3) is 3.54. The highest BCUT2D eigenvalue weighted by molar-refractivity contribution is 5.80. The summed E-state index contributed by atoms with van der Waals surface area (Å²) in [5.41, 5.74) is 8.00. The molecule has 0 radical (unpaired) electrons. The first-order chi connectivity index (χ1) is 13.2. The summed E-state index contributed by atoms with van der Waals surface area (Å²) < 4.78 is 5.50. The van der Waals surface area contributed by atoms with Gasteiger partial charge in [0.15, 0.2) is 0 Å². The second-order valence-electron chi connectivity index (χ2n) is 7.51. The number of aromatic nitrogens is 2. The largest absolute Gasteiger partial charge is 0.480 e. The van der Waals surface area contributed by atoms with Crippen molar-refractivity contribution in [3.8, 4) is 5.88 Å². The molecule has 0 spiro atoms. The Labute approximate surface area is 161 Å². The Bertz CT molecular complexity index is 892. The average Bonchev–Trinajstić information content (AvgIpc) is 3.32. The van der Waals surface area contributed by atoms with E-state index in [0.717, 1.165) is 38.2 Å². The zero-order valence-electron chi connectivity index (χ0n) is 16.4. The minimum Gasteiger partial charge on any atom is -0.480 e. The van der Waals surface area contributed by atoms with Crippen molar-refractivity contribution in [2.75, 3.05) is 26.7 Å². The van der Waals surface area contributed by atoms with Gasteiger partial charge in [-0.15, -0.1) is 0 Å². The minimum absolute atomic E-state index is 0.157. The lowest BCUT2D eigenvalue weighted by Gasteiger charge is -2.20. The van der Waals surface area contributed by atoms with Gasteiger partial charge in [0.25, 0.3) is 0 Å². The van der Waals surface area contributed by atoms with Crippen LogP contribution in [-0.4, -0.2) is 41.6 Å². The summed E-state index contributed by atoms with van der Waals surface area (Å²) in [6, 6.07) is 6.83. The molecule has 1 aromatic carbocycles. The molecule has 140 valence electrons. The van der Waals surface area contributed by atoms with Gasteiger partial charge in [-0.3, -0.25) is 9.88 Å². The van der Waals surface area contributed by atoms with Crippen LogP contribution in [0.4, 0.5) is 0 Å². The Morgan fingerprint density at radius 3 is 2.70 bits per heavy atom. The Morgan fingerprint density at radius 1 is 1.15 bits per heavy atom. The van der Waals surface area contributed by atoms with E-state index in [-0.39, 0.29) is 5.92 Å². The number of nitrogens with zero attached hydrogens (tertiary/aromatic N) is 3. The first-order valence-corrected chi connectivity index (χ1v) is 9.71. The number of ether oxygens (including phenoxy) is 1. The molecule has 0 saturated heterocycles. The van der Waals surface area contributed by atoms with Crippen LogP contribution in [0.15, 0.2) is 48.3 Å². The number of hydrogen-bond donors (Lipinski definition) is 0. The van der Waals surface area contributed by atoms with Gasteiger partial charge in [-0.2, -0.15) is 0 Å². The molecule has 1 atom stereocenters. The number of aryl methyl sites for hydroxylation is 1. The predicted molar refractivity (Wildman–Crippen MR) is 109 cm³/mol. The summed E-state index contributed by atoms with van der Waals surface area (Å²) in [5.74, 6) is 0.783. The van der Waals surface area contributed by atoms with E-state index in [4.69, 9.17) is 4.74 Å². The first kappa shape index (κ1) is 17.9. The standard InChI is InChI=1S/C23H27N3O/c1-16-6-7-20-19(14-16)15-18(8-13-26-11-4-5-12-26)21(20)17(2)22-23(27-3)25-10-9-24-22/h4-7,9-10,14,17H,8,11-13,15H2,1-3H3. The molecule has 1 aliphatic carbocycles. The molecule has 2 aliphatic rings. The number of fused-ring (bicyclic) bond motifs is 1. The zero-order valence-corrected chi connectivity index (χ0v) is 16.4. The summed E-state index contributed by atoms with van der Waals surface area (Å²) in [5, 5.41) is 0. The highest BCUT2D eigenvalue weighted by atomic mass is 16.5. The molecule has 1 unspecified atom stereocenters. The smallest absolute Gasteiger partial charge is 0.235 e. The molecule has 1 aromatic heterocycles. The lowest BCUT2D eigenvalue weighted by Crippen LogP contribution is -2.21. The Hall–Kier alpha value is -2.46. The molecule has 1 aliphatic heterocycles. The van der Waals surface area contributed by atoms with Crippen molar-refractivity contribution in [2.24, 2.45) is 0 Å². The molecule has 4 heteroatoms. The van der Waals surface area contributed by atoms with Gasteiger partial charge in [-0.1, -0.05) is 48.4 Å². The lowest BCUT2D eigenvalue weighted by atomic mass is 9.89. The molecular formula is C23H27N3O. The van der Waals surface area contributed by atoms with Crippen molar-refractivity contribution in [1.29, 1.82) is 0 Å². The summed E-state index contributed by atoms with van der Waals surface area (Å²) in [6.07, 6.45) is 10.1. The highest BCUT2D eigenvalue weighted by Gasteiger charge is 2.29. The SMILES string of the molecule is COc1nccnc1C(C)C1=C(CCN2CC=CC2)Cc2cc(C)ccc21. The fourth-order valence-electron chi connectivity index (χ4n) is 4.33. The zero-order chi connectivity index (χ0) is 18.8. The summed E-state index contributed by atoms with van der Waals surface area (Å²) in [4.78, 5) is 11.5. The maximum absolute atomic E-state index is 5.50. The number of rotatable bonds is 6. The second kappa shape index (κ2) is 7.65. The molecule has 0 bridgehead atoms. The number of hydrogen-bond acceptors (Lipinski definition) is 4. The molecular weight excluding hydrogens is 334 g/mol. The molecule has 4 nitrogen and oxygen atoms in total. The van der Waals surface area contributed by atoms with Crippen molar-refractivity contribution < 1.29 is 4.74 Å². The summed E-state index contributed by atoms with van der Waals surface area (Å²) >= 11 is 0. The predicted octanol–water partition coefficient (Wildman–Crippen LogP) is 4.17. The maximum atomic E-state index is 5.50. The van der Waals surface area contributed by atoms with Gasteiger partial charge in [0.2, 0.25) is 5.88 Å². The van der Waals surface area contributed by atoms with Crippen molar-refractivity contribution in [3.05, 3.63) is 70.7 Å². The van der Waals surface area contributed by atoms with E-state index >= 15 is 0 Å². The van der Waals surface area contributed by atoms with E-state index in [2.05, 4.69) is 59.1 Å². The van der Waals surface area contributed by atoms with Crippen LogP contribution in [0.1, 0.15) is 41.6 Å². The first-order valence-electron chi connectivity index (χ1n) is 9.71. The van der Waals surface area contributed by atoms with Crippen LogP contribution in [-0.2, 0) is 6.42 Å². The second-order valence-corrected chi connectivity index (χ2v) is 7.51. The molecule has 0 N–H and O–H groups in total. The highest BCUT2D eigenvalue weighted by Crippen LogP contribution is 2.44. The Morgan fingerprint density at radius 2 is 1.93 bits per heavy atom. The van der Waals surface area contributed by atoms with Gasteiger partial charge in [0.1, 0.15) is 5.69 Å². The number of benzene rings is 1. The van der Waals surface area contributed by atoms with Gasteiger partial charge >= 0.3 is 0 Å². The molecule has 4 rings (SSSR count). The minimum atomic E-state index is 0.157. The Kier molecular flexibility index (Phi) is 5.08.